The number of aromatic nitrogens is 1. The summed E-state index contributed by atoms with van der Waals surface area (Å²) in [5.41, 5.74) is 1.32. The smallest absolute Gasteiger partial charge is 0.305 e. The zero-order chi connectivity index (χ0) is 25.6. The van der Waals surface area contributed by atoms with Crippen LogP contribution in [-0.2, 0) is 9.59 Å². The summed E-state index contributed by atoms with van der Waals surface area (Å²) in [5, 5.41) is 11.2. The lowest BCUT2D eigenvalue weighted by atomic mass is 9.68. The van der Waals surface area contributed by atoms with Crippen molar-refractivity contribution < 1.29 is 23.8 Å². The summed E-state index contributed by atoms with van der Waals surface area (Å²) < 4.78 is 19.2. The number of carbonyl (C=O) groups excluding carboxylic acids is 2. The number of amides is 2. The van der Waals surface area contributed by atoms with Gasteiger partial charge in [-0.25, -0.2) is 4.39 Å². The summed E-state index contributed by atoms with van der Waals surface area (Å²) in [6.45, 7) is 2.25. The van der Waals surface area contributed by atoms with Crippen LogP contribution >= 0.6 is 23.1 Å². The largest absolute Gasteiger partial charge is 0.504 e. The Bertz CT molecular complexity index is 1500. The number of ether oxygens (including phenoxy) is 1. The quantitative estimate of drug-likeness (QED) is 0.479. The Morgan fingerprint density at radius 1 is 1.08 bits per heavy atom. The van der Waals surface area contributed by atoms with E-state index in [0.29, 0.717) is 18.0 Å². The van der Waals surface area contributed by atoms with Gasteiger partial charge in [-0.15, -0.1) is 11.8 Å². The molecule has 2 amide bonds. The van der Waals surface area contributed by atoms with E-state index in [1.165, 1.54) is 40.5 Å². The second-order valence-electron chi connectivity index (χ2n) is 10.1. The van der Waals surface area contributed by atoms with Crippen molar-refractivity contribution in [2.75, 3.05) is 11.5 Å². The standard InChI is InChI=1S/C27H23FN2O5S2/c1-2-35-17-9-11(3-8-16(17)31)18-19-14-10-15(22(19)36-24-23(18)37-27(34)29-24)21-20(14)25(32)30(26(21)33)13-6-4-12(28)5-7-13/h3-9,14-15,18-22,31H,2,10H2,1H3,(H,29,34)/t14-,15-,18?,19?,20?,21?,22?/m1/s1. The number of carbonyl (C=O) groups is 2. The van der Waals surface area contributed by atoms with Crippen LogP contribution in [0.4, 0.5) is 10.1 Å². The van der Waals surface area contributed by atoms with Crippen LogP contribution in [0, 0.1) is 35.4 Å². The highest BCUT2D eigenvalue weighted by molar-refractivity contribution is 8.00. The third-order valence-electron chi connectivity index (χ3n) is 8.45. The summed E-state index contributed by atoms with van der Waals surface area (Å²) >= 11 is 2.81. The Kier molecular flexibility index (Phi) is 5.10. The molecule has 37 heavy (non-hydrogen) atoms. The topological polar surface area (TPSA) is 99.7 Å². The number of anilines is 1. The van der Waals surface area contributed by atoms with Crippen LogP contribution < -0.4 is 14.5 Å². The molecule has 0 radical (unpaired) electrons. The van der Waals surface area contributed by atoms with E-state index >= 15 is 0 Å². The first-order valence-corrected chi connectivity index (χ1v) is 14.1. The minimum atomic E-state index is -0.437. The summed E-state index contributed by atoms with van der Waals surface area (Å²) in [6, 6.07) is 10.8. The van der Waals surface area contributed by atoms with E-state index < -0.39 is 17.7 Å². The molecule has 3 fully saturated rings. The lowest BCUT2D eigenvalue weighted by molar-refractivity contribution is -0.123. The van der Waals surface area contributed by atoms with Crippen molar-refractivity contribution in [3.8, 4) is 11.5 Å². The highest BCUT2D eigenvalue weighted by Gasteiger charge is 2.69. The molecule has 1 saturated heterocycles. The number of fused-ring (bicyclic) bond motifs is 9. The number of benzene rings is 2. The number of hydrogen-bond acceptors (Lipinski definition) is 7. The lowest BCUT2D eigenvalue weighted by Gasteiger charge is -2.43. The molecule has 190 valence electrons. The van der Waals surface area contributed by atoms with Crippen molar-refractivity contribution in [3.05, 3.63) is 68.4 Å². The monoisotopic (exact) mass is 538 g/mol. The van der Waals surface area contributed by atoms with Gasteiger partial charge in [-0.05, 0) is 73.1 Å². The van der Waals surface area contributed by atoms with Crippen LogP contribution in [0.5, 0.6) is 11.5 Å². The van der Waals surface area contributed by atoms with Gasteiger partial charge in [-0.2, -0.15) is 0 Å². The Morgan fingerprint density at radius 3 is 2.54 bits per heavy atom. The molecule has 2 saturated carbocycles. The van der Waals surface area contributed by atoms with Gasteiger partial charge in [0, 0.05) is 16.0 Å². The SMILES string of the molecule is CCOc1cc(C2c3sc(=O)[nH]c3SC3C2[C@H]2C[C@@H]3C3C(=O)N(c4ccc(F)cc4)C(=O)C32)ccc1O. The number of imide groups is 1. The number of hydrogen-bond donors (Lipinski definition) is 2. The summed E-state index contributed by atoms with van der Waals surface area (Å²) in [4.78, 5) is 44.8. The number of phenols is 1. The summed E-state index contributed by atoms with van der Waals surface area (Å²) in [7, 11) is 0. The van der Waals surface area contributed by atoms with Crippen LogP contribution in [0.2, 0.25) is 0 Å². The molecular weight excluding hydrogens is 515 g/mol. The van der Waals surface area contributed by atoms with Gasteiger partial charge < -0.3 is 14.8 Å². The van der Waals surface area contributed by atoms with Crippen molar-refractivity contribution >= 4 is 40.6 Å². The number of thioether (sulfide) groups is 1. The molecule has 3 heterocycles. The van der Waals surface area contributed by atoms with Crippen LogP contribution in [0.25, 0.3) is 0 Å². The van der Waals surface area contributed by atoms with Crippen molar-refractivity contribution in [2.24, 2.45) is 29.6 Å². The molecule has 10 heteroatoms. The zero-order valence-electron chi connectivity index (χ0n) is 19.7. The van der Waals surface area contributed by atoms with E-state index in [4.69, 9.17) is 4.74 Å². The fourth-order valence-corrected chi connectivity index (χ4v) is 10.1. The fourth-order valence-electron chi connectivity index (χ4n) is 7.23. The molecule has 2 N–H and O–H groups in total. The maximum absolute atomic E-state index is 13.7. The molecule has 4 aliphatic rings. The van der Waals surface area contributed by atoms with Crippen LogP contribution in [-0.4, -0.2) is 33.8 Å². The van der Waals surface area contributed by atoms with Crippen molar-refractivity contribution in [2.45, 2.75) is 29.5 Å². The van der Waals surface area contributed by atoms with Crippen LogP contribution in [0.1, 0.15) is 29.7 Å². The van der Waals surface area contributed by atoms with Gasteiger partial charge in [-0.1, -0.05) is 17.4 Å². The van der Waals surface area contributed by atoms with Gasteiger partial charge in [0.15, 0.2) is 11.5 Å². The van der Waals surface area contributed by atoms with Crippen molar-refractivity contribution in [1.29, 1.82) is 0 Å². The molecule has 1 aromatic heterocycles. The second kappa shape index (κ2) is 8.19. The molecule has 5 unspecified atom stereocenters. The van der Waals surface area contributed by atoms with Gasteiger partial charge in [-0.3, -0.25) is 19.3 Å². The van der Waals surface area contributed by atoms with Gasteiger partial charge in [0.05, 0.1) is 29.2 Å². The molecule has 2 aromatic carbocycles. The van der Waals surface area contributed by atoms with Crippen molar-refractivity contribution in [1.82, 2.24) is 4.98 Å². The predicted molar refractivity (Wildman–Crippen MR) is 137 cm³/mol. The molecule has 7 nitrogen and oxygen atoms in total. The Balaban J connectivity index is 1.32. The van der Waals surface area contributed by atoms with Crippen molar-refractivity contribution in [3.63, 3.8) is 0 Å². The average molecular weight is 539 g/mol. The van der Waals surface area contributed by atoms with E-state index in [-0.39, 0.29) is 51.4 Å². The lowest BCUT2D eigenvalue weighted by Crippen LogP contribution is -2.42. The minimum absolute atomic E-state index is 0.00516. The number of halogens is 1. The number of H-pyrrole nitrogens is 1. The number of nitrogens with one attached hydrogen (secondary N) is 1. The zero-order valence-corrected chi connectivity index (χ0v) is 21.4. The molecule has 3 aromatic rings. The van der Waals surface area contributed by atoms with Gasteiger partial charge in [0.25, 0.3) is 0 Å². The van der Waals surface area contributed by atoms with Gasteiger partial charge in [0.1, 0.15) is 5.82 Å². The van der Waals surface area contributed by atoms with E-state index in [9.17, 15) is 23.9 Å². The fraction of sp³-hybridized carbons (Fsp3) is 0.370. The molecule has 7 atom stereocenters. The summed E-state index contributed by atoms with van der Waals surface area (Å²) in [6.07, 6.45) is 0.776. The predicted octanol–water partition coefficient (Wildman–Crippen LogP) is 4.36. The molecule has 7 rings (SSSR count). The maximum atomic E-state index is 13.7. The minimum Gasteiger partial charge on any atom is -0.504 e. The van der Waals surface area contributed by atoms with E-state index in [1.54, 1.807) is 17.8 Å². The van der Waals surface area contributed by atoms with Gasteiger partial charge in [0.2, 0.25) is 11.8 Å². The average Bonchev–Trinajstić information content (AvgIpc) is 3.60. The number of nitrogens with zero attached hydrogens (tertiary/aromatic N) is 1. The number of phenolic OH excluding ortho intramolecular Hbond substituents is 1. The highest BCUT2D eigenvalue weighted by Crippen LogP contribution is 2.68. The molecule has 2 aliphatic carbocycles. The van der Waals surface area contributed by atoms with Crippen LogP contribution in [0.15, 0.2) is 52.3 Å². The van der Waals surface area contributed by atoms with Crippen LogP contribution in [0.3, 0.4) is 0 Å². The number of thiazole rings is 1. The number of aromatic amines is 1. The Morgan fingerprint density at radius 2 is 1.81 bits per heavy atom. The molecular formula is C27H23FN2O5S2. The summed E-state index contributed by atoms with van der Waals surface area (Å²) in [5.74, 6) is -1.43. The highest BCUT2D eigenvalue weighted by atomic mass is 32.2. The van der Waals surface area contributed by atoms with E-state index in [0.717, 1.165) is 21.9 Å². The Hall–Kier alpha value is -3.11. The van der Waals surface area contributed by atoms with Gasteiger partial charge >= 0.3 is 4.87 Å². The normalized spacial score (nSPS) is 31.4. The number of rotatable bonds is 4. The third-order valence-corrected chi connectivity index (χ3v) is 11.0. The Labute approximate surface area is 219 Å². The maximum Gasteiger partial charge on any atom is 0.305 e. The van der Waals surface area contributed by atoms with E-state index in [1.807, 2.05) is 19.1 Å². The second-order valence-corrected chi connectivity index (χ2v) is 12.3. The first-order chi connectivity index (χ1) is 17.9. The van der Waals surface area contributed by atoms with E-state index in [2.05, 4.69) is 4.98 Å². The third kappa shape index (κ3) is 3.21. The molecule has 2 aliphatic heterocycles. The molecule has 2 bridgehead atoms. The first kappa shape index (κ1) is 23.0. The first-order valence-electron chi connectivity index (χ1n) is 12.4. The molecule has 0 spiro atoms. The number of aromatic hydroxyl groups is 1.